The molecule has 2 heterocycles. The molecule has 0 amide bonds. The van der Waals surface area contributed by atoms with Gasteiger partial charge in [0.25, 0.3) is 11.2 Å². The first-order valence-corrected chi connectivity index (χ1v) is 7.40. The molecular weight excluding hydrogens is 312 g/mol. The van der Waals surface area contributed by atoms with Crippen molar-refractivity contribution in [2.75, 3.05) is 0 Å². The smallest absolute Gasteiger partial charge is 0.269 e. The molecule has 0 saturated heterocycles. The molecule has 0 saturated carbocycles. The van der Waals surface area contributed by atoms with Crippen LogP contribution in [0.1, 0.15) is 31.0 Å². The van der Waals surface area contributed by atoms with Gasteiger partial charge in [-0.2, -0.15) is 9.61 Å². The molecule has 3 rings (SSSR count). The van der Waals surface area contributed by atoms with E-state index in [-0.39, 0.29) is 28.6 Å². The van der Waals surface area contributed by atoms with Crippen LogP contribution < -0.4 is 5.56 Å². The molecule has 0 fully saturated rings. The number of aromatic nitrogens is 3. The number of aromatic amines is 1. The van der Waals surface area contributed by atoms with Gasteiger partial charge in [-0.25, -0.2) is 0 Å². The van der Waals surface area contributed by atoms with E-state index in [9.17, 15) is 20.0 Å². The maximum atomic E-state index is 12.3. The molecule has 0 aliphatic carbocycles. The fourth-order valence-electron chi connectivity index (χ4n) is 2.80. The number of H-pyrrole nitrogens is 1. The van der Waals surface area contributed by atoms with Crippen molar-refractivity contribution in [2.24, 2.45) is 0 Å². The van der Waals surface area contributed by atoms with Crippen molar-refractivity contribution in [1.82, 2.24) is 14.6 Å². The Hall–Kier alpha value is -3.16. The lowest BCUT2D eigenvalue weighted by atomic mass is 10.0. The highest BCUT2D eigenvalue weighted by molar-refractivity contribution is 5.80. The molecule has 2 N–H and O–H groups in total. The molecule has 3 aromatic rings. The number of nitro benzene ring substituents is 1. The molecule has 0 aliphatic rings. The Morgan fingerprint density at radius 1 is 1.29 bits per heavy atom. The third-order valence-corrected chi connectivity index (χ3v) is 3.92. The van der Waals surface area contributed by atoms with Crippen LogP contribution >= 0.6 is 0 Å². The highest BCUT2D eigenvalue weighted by Gasteiger charge is 2.21. The summed E-state index contributed by atoms with van der Waals surface area (Å²) in [6, 6.07) is 5.96. The van der Waals surface area contributed by atoms with E-state index in [0.29, 0.717) is 22.5 Å². The molecule has 2 aromatic heterocycles. The van der Waals surface area contributed by atoms with Crippen LogP contribution in [0.25, 0.3) is 16.8 Å². The first-order chi connectivity index (χ1) is 11.3. The molecule has 8 nitrogen and oxygen atoms in total. The van der Waals surface area contributed by atoms with Crippen LogP contribution in [0, 0.1) is 17.0 Å². The van der Waals surface area contributed by atoms with Crippen LogP contribution in [0.4, 0.5) is 5.69 Å². The van der Waals surface area contributed by atoms with Gasteiger partial charge in [-0.1, -0.05) is 13.8 Å². The number of hydrogen-bond acceptors (Lipinski definition) is 5. The van der Waals surface area contributed by atoms with Crippen molar-refractivity contribution < 1.29 is 10.0 Å². The maximum Gasteiger partial charge on any atom is 0.269 e. The number of aromatic hydroxyl groups is 1. The molecule has 24 heavy (non-hydrogen) atoms. The summed E-state index contributed by atoms with van der Waals surface area (Å²) >= 11 is 0. The summed E-state index contributed by atoms with van der Waals surface area (Å²) in [5, 5.41) is 25.5. The molecule has 1 aromatic carbocycles. The van der Waals surface area contributed by atoms with Crippen molar-refractivity contribution in [3.05, 3.63) is 56.0 Å². The highest BCUT2D eigenvalue weighted by atomic mass is 16.6. The van der Waals surface area contributed by atoms with E-state index in [4.69, 9.17) is 0 Å². The summed E-state index contributed by atoms with van der Waals surface area (Å²) in [5.41, 5.74) is 2.10. The van der Waals surface area contributed by atoms with E-state index >= 15 is 0 Å². The molecule has 0 unspecified atom stereocenters. The largest absolute Gasteiger partial charge is 0.493 e. The lowest BCUT2D eigenvalue weighted by Gasteiger charge is -2.08. The number of fused-ring (bicyclic) bond motifs is 1. The van der Waals surface area contributed by atoms with Gasteiger partial charge in [0.05, 0.1) is 16.2 Å². The van der Waals surface area contributed by atoms with Crippen LogP contribution in [0.15, 0.2) is 29.1 Å². The number of nitrogens with zero attached hydrogens (tertiary/aromatic N) is 3. The molecule has 0 spiro atoms. The molecule has 124 valence electrons. The van der Waals surface area contributed by atoms with Crippen molar-refractivity contribution in [3.8, 4) is 17.0 Å². The number of rotatable bonds is 3. The second kappa shape index (κ2) is 5.48. The summed E-state index contributed by atoms with van der Waals surface area (Å²) in [5.74, 6) is -0.356. The number of aryl methyl sites for hydroxylation is 1. The fourth-order valence-corrected chi connectivity index (χ4v) is 2.80. The summed E-state index contributed by atoms with van der Waals surface area (Å²) in [7, 11) is 0. The van der Waals surface area contributed by atoms with Gasteiger partial charge in [0.2, 0.25) is 5.88 Å². The Morgan fingerprint density at radius 3 is 2.46 bits per heavy atom. The zero-order chi connectivity index (χ0) is 17.6. The van der Waals surface area contributed by atoms with Crippen molar-refractivity contribution in [2.45, 2.75) is 26.7 Å². The minimum absolute atomic E-state index is 0.0219. The zero-order valence-corrected chi connectivity index (χ0v) is 13.4. The lowest BCUT2D eigenvalue weighted by molar-refractivity contribution is -0.384. The van der Waals surface area contributed by atoms with Gasteiger partial charge in [-0.15, -0.1) is 0 Å². The minimum Gasteiger partial charge on any atom is -0.493 e. The third kappa shape index (κ3) is 2.32. The molecule has 0 atom stereocenters. The second-order valence-electron chi connectivity index (χ2n) is 5.87. The monoisotopic (exact) mass is 328 g/mol. The van der Waals surface area contributed by atoms with Crippen molar-refractivity contribution in [1.29, 1.82) is 0 Å². The van der Waals surface area contributed by atoms with Crippen molar-refractivity contribution >= 4 is 11.3 Å². The standard InChI is InChI=1S/C16H16N4O4/c1-8(2)12-15(21)17-14-13(9(3)18-19(14)16(12)22)10-4-6-11(7-5-10)20(23)24/h4-8,22H,1-3H3,(H,17,21). The number of hydrogen-bond donors (Lipinski definition) is 2. The topological polar surface area (TPSA) is 114 Å². The fraction of sp³-hybridized carbons (Fsp3) is 0.250. The van der Waals surface area contributed by atoms with Gasteiger partial charge >= 0.3 is 0 Å². The summed E-state index contributed by atoms with van der Waals surface area (Å²) in [6.07, 6.45) is 0. The SMILES string of the molecule is Cc1nn2c(O)c(C(C)C)c(=O)[nH]c2c1-c1ccc([N+](=O)[O-])cc1. The summed E-state index contributed by atoms with van der Waals surface area (Å²) in [6.45, 7) is 5.37. The first-order valence-electron chi connectivity index (χ1n) is 7.40. The van der Waals surface area contributed by atoms with Crippen LogP contribution in [-0.4, -0.2) is 24.6 Å². The summed E-state index contributed by atoms with van der Waals surface area (Å²) in [4.78, 5) is 25.3. The zero-order valence-electron chi connectivity index (χ0n) is 13.4. The predicted octanol–water partition coefficient (Wildman–Crippen LogP) is 2.74. The number of nitro groups is 1. The van der Waals surface area contributed by atoms with Crippen LogP contribution in [0.3, 0.4) is 0 Å². The van der Waals surface area contributed by atoms with Gasteiger partial charge in [-0.3, -0.25) is 14.9 Å². The molecule has 0 aliphatic heterocycles. The van der Waals surface area contributed by atoms with E-state index < -0.39 is 4.92 Å². The Bertz CT molecular complexity index is 1000. The lowest BCUT2D eigenvalue weighted by Crippen LogP contribution is -2.17. The first kappa shape index (κ1) is 15.7. The number of non-ortho nitro benzene ring substituents is 1. The van der Waals surface area contributed by atoms with Crippen LogP contribution in [-0.2, 0) is 0 Å². The minimum atomic E-state index is -0.477. The average molecular weight is 328 g/mol. The summed E-state index contributed by atoms with van der Waals surface area (Å²) < 4.78 is 1.29. The van der Waals surface area contributed by atoms with Crippen LogP contribution in [0.5, 0.6) is 5.88 Å². The predicted molar refractivity (Wildman–Crippen MR) is 88.4 cm³/mol. The molecular formula is C16H16N4O4. The number of nitrogens with one attached hydrogen (secondary N) is 1. The van der Waals surface area contributed by atoms with E-state index in [1.165, 1.54) is 16.6 Å². The van der Waals surface area contributed by atoms with Crippen molar-refractivity contribution in [3.63, 3.8) is 0 Å². The Kier molecular flexibility index (Phi) is 3.59. The van der Waals surface area contributed by atoms with E-state index in [2.05, 4.69) is 10.1 Å². The van der Waals surface area contributed by atoms with E-state index in [0.717, 1.165) is 0 Å². The third-order valence-electron chi connectivity index (χ3n) is 3.92. The average Bonchev–Trinajstić information content (AvgIpc) is 2.83. The second-order valence-corrected chi connectivity index (χ2v) is 5.87. The van der Waals surface area contributed by atoms with E-state index in [1.54, 1.807) is 19.1 Å². The molecule has 0 bridgehead atoms. The Balaban J connectivity index is 2.28. The van der Waals surface area contributed by atoms with Crippen LogP contribution in [0.2, 0.25) is 0 Å². The number of benzene rings is 1. The quantitative estimate of drug-likeness (QED) is 0.567. The Morgan fingerprint density at radius 2 is 1.92 bits per heavy atom. The highest BCUT2D eigenvalue weighted by Crippen LogP contribution is 2.31. The normalized spacial score (nSPS) is 11.3. The van der Waals surface area contributed by atoms with Gasteiger partial charge in [0, 0.05) is 17.7 Å². The van der Waals surface area contributed by atoms with Gasteiger partial charge in [-0.05, 0) is 30.5 Å². The van der Waals surface area contributed by atoms with Gasteiger partial charge < -0.3 is 10.1 Å². The van der Waals surface area contributed by atoms with Gasteiger partial charge in [0.1, 0.15) is 5.65 Å². The molecule has 0 radical (unpaired) electrons. The molecule has 8 heteroatoms. The van der Waals surface area contributed by atoms with E-state index in [1.807, 2.05) is 13.8 Å². The maximum absolute atomic E-state index is 12.3. The Labute approximate surface area is 136 Å². The van der Waals surface area contributed by atoms with Gasteiger partial charge in [0.15, 0.2) is 0 Å².